The molecule has 6 nitrogen and oxygen atoms in total. The molecule has 2 aliphatic rings. The highest BCUT2D eigenvalue weighted by atomic mass is 35.5. The van der Waals surface area contributed by atoms with Gasteiger partial charge in [0.25, 0.3) is 5.91 Å². The van der Waals surface area contributed by atoms with Crippen molar-refractivity contribution in [3.8, 4) is 0 Å². The molecule has 2 fully saturated rings. The zero-order valence-electron chi connectivity index (χ0n) is 14.0. The Kier molecular flexibility index (Phi) is 6.21. The van der Waals surface area contributed by atoms with E-state index in [0.717, 1.165) is 25.9 Å². The van der Waals surface area contributed by atoms with E-state index in [1.807, 2.05) is 0 Å². The molecule has 2 heterocycles. The number of piperidine rings is 1. The number of alkyl halides is 2. The largest absolute Gasteiger partial charge is 0.442 e. The van der Waals surface area contributed by atoms with Crippen LogP contribution in [0.2, 0.25) is 0 Å². The van der Waals surface area contributed by atoms with Crippen molar-refractivity contribution in [1.82, 2.24) is 10.6 Å². The predicted octanol–water partition coefficient (Wildman–Crippen LogP) is 2.54. The summed E-state index contributed by atoms with van der Waals surface area (Å²) in [7, 11) is 0. The van der Waals surface area contributed by atoms with Gasteiger partial charge in [-0.05, 0) is 49.5 Å². The smallest absolute Gasteiger partial charge is 0.414 e. The van der Waals surface area contributed by atoms with E-state index in [1.165, 1.54) is 11.0 Å². The zero-order valence-corrected chi connectivity index (χ0v) is 15.5. The van der Waals surface area contributed by atoms with Crippen molar-refractivity contribution in [2.45, 2.75) is 29.7 Å². The quantitative estimate of drug-likeness (QED) is 0.741. The van der Waals surface area contributed by atoms with E-state index in [1.54, 1.807) is 12.1 Å². The van der Waals surface area contributed by atoms with E-state index in [4.69, 9.17) is 27.9 Å². The van der Waals surface area contributed by atoms with Gasteiger partial charge in [0.05, 0.1) is 18.8 Å². The van der Waals surface area contributed by atoms with Gasteiger partial charge in [0.15, 0.2) is 4.84 Å². The van der Waals surface area contributed by atoms with Crippen molar-refractivity contribution in [2.24, 2.45) is 0 Å². The molecule has 0 bridgehead atoms. The van der Waals surface area contributed by atoms with Crippen LogP contribution in [-0.2, 0) is 9.53 Å². The van der Waals surface area contributed by atoms with Crippen LogP contribution in [0.1, 0.15) is 24.3 Å². The fourth-order valence-corrected chi connectivity index (χ4v) is 3.43. The topological polar surface area (TPSA) is 70.7 Å². The van der Waals surface area contributed by atoms with Crippen LogP contribution >= 0.6 is 23.2 Å². The summed E-state index contributed by atoms with van der Waals surface area (Å²) < 4.78 is 19.8. The highest BCUT2D eigenvalue weighted by Gasteiger charge is 2.33. The van der Waals surface area contributed by atoms with Gasteiger partial charge in [0.1, 0.15) is 11.9 Å². The van der Waals surface area contributed by atoms with Crippen LogP contribution in [0.15, 0.2) is 18.2 Å². The highest BCUT2D eigenvalue weighted by Crippen LogP contribution is 2.31. The van der Waals surface area contributed by atoms with Gasteiger partial charge in [-0.1, -0.05) is 29.3 Å². The summed E-state index contributed by atoms with van der Waals surface area (Å²) in [4.78, 5) is 23.6. The lowest BCUT2D eigenvalue weighted by Gasteiger charge is -2.24. The second-order valence-corrected chi connectivity index (χ2v) is 7.49. The normalized spacial score (nSPS) is 21.2. The standard InChI is InChI=1S/C17H20Cl2FN3O3/c18-15(19)16(24)22-8-12-9-23(17(25)26-12)11-1-2-13(14(20)7-11)10-3-5-21-6-4-10/h1-2,7,10,12,15,21H,3-6,8-9H2,(H,22,24)/t12-/m0/s1. The molecule has 1 aromatic carbocycles. The van der Waals surface area contributed by atoms with Gasteiger partial charge in [0, 0.05) is 0 Å². The fourth-order valence-electron chi connectivity index (χ4n) is 3.28. The van der Waals surface area contributed by atoms with Gasteiger partial charge in [-0.15, -0.1) is 0 Å². The number of ether oxygens (including phenoxy) is 1. The lowest BCUT2D eigenvalue weighted by Crippen LogP contribution is -2.37. The Hall–Kier alpha value is -1.57. The number of halogens is 3. The van der Waals surface area contributed by atoms with Crippen molar-refractivity contribution >= 4 is 40.9 Å². The van der Waals surface area contributed by atoms with Crippen molar-refractivity contribution in [3.63, 3.8) is 0 Å². The predicted molar refractivity (Wildman–Crippen MR) is 97.4 cm³/mol. The molecule has 0 saturated carbocycles. The van der Waals surface area contributed by atoms with Crippen LogP contribution in [0.5, 0.6) is 0 Å². The monoisotopic (exact) mass is 403 g/mol. The first-order valence-electron chi connectivity index (χ1n) is 8.50. The van der Waals surface area contributed by atoms with Gasteiger partial charge < -0.3 is 15.4 Å². The minimum absolute atomic E-state index is 0.0899. The van der Waals surface area contributed by atoms with Crippen LogP contribution in [0, 0.1) is 5.82 Å². The molecule has 2 saturated heterocycles. The summed E-state index contributed by atoms with van der Waals surface area (Å²) in [5.74, 6) is -0.677. The molecule has 0 aromatic heterocycles. The molecule has 0 aliphatic carbocycles. The number of anilines is 1. The van der Waals surface area contributed by atoms with Crippen LogP contribution in [-0.4, -0.2) is 49.1 Å². The number of hydrogen-bond acceptors (Lipinski definition) is 4. The molecule has 2 aliphatic heterocycles. The van der Waals surface area contributed by atoms with E-state index < -0.39 is 22.9 Å². The Morgan fingerprint density at radius 3 is 2.77 bits per heavy atom. The molecule has 142 valence electrons. The van der Waals surface area contributed by atoms with Gasteiger partial charge in [0.2, 0.25) is 0 Å². The number of hydrogen-bond donors (Lipinski definition) is 2. The first-order valence-corrected chi connectivity index (χ1v) is 9.37. The average molecular weight is 404 g/mol. The summed E-state index contributed by atoms with van der Waals surface area (Å²) in [6.07, 6.45) is 0.662. The molecule has 3 rings (SSSR count). The van der Waals surface area contributed by atoms with Gasteiger partial charge >= 0.3 is 6.09 Å². The van der Waals surface area contributed by atoms with Crippen LogP contribution in [0.3, 0.4) is 0 Å². The maximum absolute atomic E-state index is 14.6. The van der Waals surface area contributed by atoms with Crippen molar-refractivity contribution < 1.29 is 18.7 Å². The van der Waals surface area contributed by atoms with E-state index >= 15 is 0 Å². The Bertz CT molecular complexity index is 683. The Morgan fingerprint density at radius 2 is 2.12 bits per heavy atom. The molecule has 9 heteroatoms. The van der Waals surface area contributed by atoms with E-state index in [0.29, 0.717) is 11.3 Å². The van der Waals surface area contributed by atoms with Crippen molar-refractivity contribution in [3.05, 3.63) is 29.6 Å². The molecule has 2 N–H and O–H groups in total. The molecule has 26 heavy (non-hydrogen) atoms. The third-order valence-electron chi connectivity index (χ3n) is 4.65. The van der Waals surface area contributed by atoms with E-state index in [-0.39, 0.29) is 24.8 Å². The van der Waals surface area contributed by atoms with Crippen LogP contribution < -0.4 is 15.5 Å². The second kappa shape index (κ2) is 8.41. The van der Waals surface area contributed by atoms with Crippen LogP contribution in [0.25, 0.3) is 0 Å². The molecule has 0 unspecified atom stereocenters. The zero-order chi connectivity index (χ0) is 18.7. The van der Waals surface area contributed by atoms with Crippen molar-refractivity contribution in [2.75, 3.05) is 31.1 Å². The number of nitrogens with one attached hydrogen (secondary N) is 2. The average Bonchev–Trinajstić information content (AvgIpc) is 3.01. The number of carbonyl (C=O) groups is 2. The van der Waals surface area contributed by atoms with Gasteiger partial charge in [-0.3, -0.25) is 9.69 Å². The summed E-state index contributed by atoms with van der Waals surface area (Å²) >= 11 is 10.9. The number of amides is 2. The first-order chi connectivity index (χ1) is 12.5. The number of benzene rings is 1. The number of rotatable bonds is 5. The summed E-state index contributed by atoms with van der Waals surface area (Å²) in [5, 5.41) is 5.75. The second-order valence-electron chi connectivity index (χ2n) is 6.39. The van der Waals surface area contributed by atoms with E-state index in [9.17, 15) is 14.0 Å². The molecule has 1 atom stereocenters. The number of nitrogens with zero attached hydrogens (tertiary/aromatic N) is 1. The summed E-state index contributed by atoms with van der Waals surface area (Å²) in [5.41, 5.74) is 1.12. The number of carbonyl (C=O) groups excluding carboxylic acids is 2. The maximum Gasteiger partial charge on any atom is 0.414 e. The third-order valence-corrected chi connectivity index (χ3v) is 5.05. The first kappa shape index (κ1) is 19.2. The Balaban J connectivity index is 1.64. The van der Waals surface area contributed by atoms with Crippen LogP contribution in [0.4, 0.5) is 14.9 Å². The SMILES string of the molecule is O=C(NC[C@H]1CN(c2ccc(C3CCNCC3)c(F)c2)C(=O)O1)C(Cl)Cl. The van der Waals surface area contributed by atoms with Gasteiger partial charge in [-0.25, -0.2) is 9.18 Å². The molecular formula is C17H20Cl2FN3O3. The lowest BCUT2D eigenvalue weighted by atomic mass is 9.89. The van der Waals surface area contributed by atoms with Crippen molar-refractivity contribution in [1.29, 1.82) is 0 Å². The minimum atomic E-state index is -1.18. The van der Waals surface area contributed by atoms with E-state index in [2.05, 4.69) is 10.6 Å². The fraction of sp³-hybridized carbons (Fsp3) is 0.529. The Labute approximate surface area is 161 Å². The molecule has 0 spiro atoms. The molecule has 2 amide bonds. The van der Waals surface area contributed by atoms with Gasteiger partial charge in [-0.2, -0.15) is 0 Å². The summed E-state index contributed by atoms with van der Waals surface area (Å²) in [6.45, 7) is 2.06. The highest BCUT2D eigenvalue weighted by molar-refractivity contribution is 6.53. The molecular weight excluding hydrogens is 384 g/mol. The molecule has 1 aromatic rings. The minimum Gasteiger partial charge on any atom is -0.442 e. The lowest BCUT2D eigenvalue weighted by molar-refractivity contribution is -0.119. The Morgan fingerprint density at radius 1 is 1.38 bits per heavy atom. The number of cyclic esters (lactones) is 1. The molecule has 0 radical (unpaired) electrons. The maximum atomic E-state index is 14.6. The third kappa shape index (κ3) is 4.39. The summed E-state index contributed by atoms with van der Waals surface area (Å²) in [6, 6.07) is 4.85.